The summed E-state index contributed by atoms with van der Waals surface area (Å²) >= 11 is 0. The van der Waals surface area contributed by atoms with Crippen LogP contribution in [0.5, 0.6) is 0 Å². The number of nitrogens with zero attached hydrogens (tertiary/aromatic N) is 5. The van der Waals surface area contributed by atoms with E-state index in [0.29, 0.717) is 5.69 Å². The van der Waals surface area contributed by atoms with Crippen LogP contribution in [0.1, 0.15) is 30.7 Å². The molecule has 2 aliphatic heterocycles. The van der Waals surface area contributed by atoms with E-state index in [1.165, 1.54) is 0 Å². The van der Waals surface area contributed by atoms with Gasteiger partial charge in [-0.25, -0.2) is 9.98 Å². The number of anilines is 1. The van der Waals surface area contributed by atoms with Crippen LogP contribution >= 0.6 is 0 Å². The molecule has 4 rings (SSSR count). The predicted octanol–water partition coefficient (Wildman–Crippen LogP) is 3.91. The fourth-order valence-corrected chi connectivity index (χ4v) is 4.35. The highest BCUT2D eigenvalue weighted by molar-refractivity contribution is 6.03. The number of nitrogens with one attached hydrogen (secondary N) is 1. The van der Waals surface area contributed by atoms with E-state index in [-0.39, 0.29) is 30.2 Å². The van der Waals surface area contributed by atoms with Crippen LogP contribution in [-0.4, -0.2) is 66.5 Å². The van der Waals surface area contributed by atoms with E-state index in [2.05, 4.69) is 30.2 Å². The smallest absolute Gasteiger partial charge is 0.323 e. The van der Waals surface area contributed by atoms with Gasteiger partial charge in [0.25, 0.3) is 0 Å². The molecule has 0 aromatic carbocycles. The Bertz CT molecular complexity index is 1130. The molecule has 1 saturated carbocycles. The molecule has 2 unspecified atom stereocenters. The Morgan fingerprint density at radius 2 is 2.06 bits per heavy atom. The molecule has 3 heterocycles. The Morgan fingerprint density at radius 1 is 1.26 bits per heavy atom. The van der Waals surface area contributed by atoms with Crippen LogP contribution in [0.4, 0.5) is 18.9 Å². The number of carbonyl (C=O) groups is 1. The Hall–Kier alpha value is -3.14. The van der Waals surface area contributed by atoms with Crippen LogP contribution in [0.25, 0.3) is 0 Å². The van der Waals surface area contributed by atoms with Crippen molar-refractivity contribution in [2.24, 2.45) is 20.9 Å². The van der Waals surface area contributed by atoms with Crippen molar-refractivity contribution >= 4 is 29.9 Å². The average molecular weight is 473 g/mol. The first-order valence-corrected chi connectivity index (χ1v) is 11.1. The molecule has 0 radical (unpaired) electrons. The number of halogens is 3. The number of guanidine groups is 1. The van der Waals surface area contributed by atoms with Gasteiger partial charge in [-0.05, 0) is 70.3 Å². The number of pyridine rings is 1. The molecule has 0 saturated heterocycles. The van der Waals surface area contributed by atoms with Gasteiger partial charge in [-0.1, -0.05) is 0 Å². The third-order valence-corrected chi connectivity index (χ3v) is 6.09. The Labute approximate surface area is 196 Å². The maximum atomic E-state index is 13.4. The van der Waals surface area contributed by atoms with Gasteiger partial charge in [-0.3, -0.25) is 14.8 Å². The summed E-state index contributed by atoms with van der Waals surface area (Å²) in [6.07, 6.45) is 1.91. The summed E-state index contributed by atoms with van der Waals surface area (Å²) in [4.78, 5) is 32.5. The zero-order chi connectivity index (χ0) is 24.5. The highest BCUT2D eigenvalue weighted by atomic mass is 19.4. The lowest BCUT2D eigenvalue weighted by Gasteiger charge is -2.39. The molecule has 1 aromatic rings. The molecule has 2 atom stereocenters. The molecule has 0 amide bonds. The van der Waals surface area contributed by atoms with Crippen molar-refractivity contribution in [3.63, 3.8) is 0 Å². The zero-order valence-corrected chi connectivity index (χ0v) is 19.4. The third kappa shape index (κ3) is 5.01. The quantitative estimate of drug-likeness (QED) is 0.705. The lowest BCUT2D eigenvalue weighted by molar-refractivity contribution is -0.120. The number of hydrogen-bond acceptors (Lipinski definition) is 7. The fourth-order valence-electron chi connectivity index (χ4n) is 4.35. The largest absolute Gasteiger partial charge is 0.416 e. The molecule has 7 nitrogen and oxygen atoms in total. The molecular formula is C24H27F3N6O. The van der Waals surface area contributed by atoms with Crippen molar-refractivity contribution in [1.82, 2.24) is 9.88 Å². The van der Waals surface area contributed by atoms with Crippen molar-refractivity contribution in [2.75, 3.05) is 26.0 Å². The number of aryl methyl sites for hydroxylation is 2. The normalized spacial score (nSPS) is 24.1. The van der Waals surface area contributed by atoms with Gasteiger partial charge < -0.3 is 10.2 Å². The number of aromatic nitrogens is 1. The van der Waals surface area contributed by atoms with Crippen LogP contribution in [-0.2, 0) is 11.2 Å². The van der Waals surface area contributed by atoms with Gasteiger partial charge in [0.1, 0.15) is 5.78 Å². The van der Waals surface area contributed by atoms with Crippen molar-refractivity contribution in [3.8, 4) is 0 Å². The minimum Gasteiger partial charge on any atom is -0.323 e. The van der Waals surface area contributed by atoms with E-state index in [0.717, 1.165) is 49.1 Å². The molecule has 3 aliphatic rings. The number of Topliss-reactive ketones (excluding diaryl/α,β-unsaturated/α-hetero) is 1. The molecule has 10 heteroatoms. The minimum absolute atomic E-state index is 0.124. The second kappa shape index (κ2) is 9.25. The highest BCUT2D eigenvalue weighted by Gasteiger charge is 2.49. The fraction of sp³-hybridized carbons (Fsp3) is 0.458. The van der Waals surface area contributed by atoms with Gasteiger partial charge in [0.15, 0.2) is 5.66 Å². The summed E-state index contributed by atoms with van der Waals surface area (Å²) in [5.41, 5.74) is 0.491. The summed E-state index contributed by atoms with van der Waals surface area (Å²) in [5, 5.41) is 3.14. The summed E-state index contributed by atoms with van der Waals surface area (Å²) in [6, 6.07) is 3.84. The number of hydrogen-bond donors (Lipinski definition) is 1. The highest BCUT2D eigenvalue weighted by Crippen LogP contribution is 2.44. The molecular weight excluding hydrogens is 445 g/mol. The molecule has 1 fully saturated rings. The van der Waals surface area contributed by atoms with Gasteiger partial charge in [0, 0.05) is 31.0 Å². The van der Waals surface area contributed by atoms with E-state index in [1.807, 2.05) is 33.2 Å². The van der Waals surface area contributed by atoms with Crippen LogP contribution < -0.4 is 5.32 Å². The van der Waals surface area contributed by atoms with E-state index >= 15 is 0 Å². The molecule has 0 bridgehead atoms. The van der Waals surface area contributed by atoms with E-state index < -0.39 is 23.3 Å². The SMILES string of the molecule is Cc1nc(CCCN(C)C)ccc1NC1=NC23N=CC=C(C(F)(F)F)C=C2CC(=O)CC3C=N1. The van der Waals surface area contributed by atoms with E-state index in [9.17, 15) is 18.0 Å². The number of alkyl halides is 3. The summed E-state index contributed by atoms with van der Waals surface area (Å²) in [5.74, 6) is -0.482. The van der Waals surface area contributed by atoms with Crippen molar-refractivity contribution < 1.29 is 18.0 Å². The Balaban J connectivity index is 1.60. The number of aliphatic imine (C=N–C) groups is 3. The van der Waals surface area contributed by atoms with Crippen molar-refractivity contribution in [2.45, 2.75) is 44.4 Å². The summed E-state index contributed by atoms with van der Waals surface area (Å²) in [7, 11) is 4.06. The van der Waals surface area contributed by atoms with Crippen molar-refractivity contribution in [3.05, 3.63) is 46.8 Å². The third-order valence-electron chi connectivity index (χ3n) is 6.09. The number of allylic oxidation sites excluding steroid dienone is 3. The lowest BCUT2D eigenvalue weighted by Crippen LogP contribution is -2.46. The van der Waals surface area contributed by atoms with Gasteiger partial charge in [0.2, 0.25) is 5.96 Å². The number of rotatable bonds is 5. The summed E-state index contributed by atoms with van der Waals surface area (Å²) < 4.78 is 40.2. The first-order chi connectivity index (χ1) is 16.1. The maximum Gasteiger partial charge on any atom is 0.416 e. The number of ketones is 1. The molecule has 1 aromatic heterocycles. The van der Waals surface area contributed by atoms with Gasteiger partial charge in [-0.15, -0.1) is 0 Å². The Kier molecular flexibility index (Phi) is 6.53. The predicted molar refractivity (Wildman–Crippen MR) is 127 cm³/mol. The standard InChI is InChI=1S/C24H27F3N6O/c1-15-21(7-6-19(30-15)5-4-10-33(2)3)31-22-28-14-18-13-20(34)12-17-11-16(24(25,26)27)8-9-29-23(17,18)32-22/h6-9,11,14,18H,4-5,10,12-13H2,1-3H3,(H,31,32). The minimum atomic E-state index is -4.55. The van der Waals surface area contributed by atoms with E-state index in [1.54, 1.807) is 6.21 Å². The van der Waals surface area contributed by atoms with Crippen LogP contribution in [0, 0.1) is 12.8 Å². The van der Waals surface area contributed by atoms with Gasteiger partial charge >= 0.3 is 6.18 Å². The van der Waals surface area contributed by atoms with Crippen molar-refractivity contribution in [1.29, 1.82) is 0 Å². The second-order valence-electron chi connectivity index (χ2n) is 9.00. The molecule has 1 aliphatic carbocycles. The number of carbonyl (C=O) groups excluding carboxylic acids is 1. The zero-order valence-electron chi connectivity index (χ0n) is 19.4. The maximum absolute atomic E-state index is 13.4. The van der Waals surface area contributed by atoms with Crippen LogP contribution in [0.2, 0.25) is 0 Å². The van der Waals surface area contributed by atoms with Gasteiger partial charge in [-0.2, -0.15) is 13.2 Å². The first kappa shape index (κ1) is 24.0. The van der Waals surface area contributed by atoms with Crippen LogP contribution in [0.15, 0.2) is 50.4 Å². The second-order valence-corrected chi connectivity index (χ2v) is 9.00. The monoisotopic (exact) mass is 472 g/mol. The molecule has 180 valence electrons. The molecule has 1 spiro atoms. The lowest BCUT2D eigenvalue weighted by atomic mass is 9.74. The molecule has 1 N–H and O–H groups in total. The van der Waals surface area contributed by atoms with Crippen LogP contribution in [0.3, 0.4) is 0 Å². The van der Waals surface area contributed by atoms with Gasteiger partial charge in [0.05, 0.1) is 22.9 Å². The average Bonchev–Trinajstić information content (AvgIpc) is 2.93. The molecule has 34 heavy (non-hydrogen) atoms. The first-order valence-electron chi connectivity index (χ1n) is 11.1. The van der Waals surface area contributed by atoms with E-state index in [4.69, 9.17) is 0 Å². The topological polar surface area (TPSA) is 82.3 Å². The Morgan fingerprint density at radius 3 is 2.76 bits per heavy atom. The summed E-state index contributed by atoms with van der Waals surface area (Å²) in [6.45, 7) is 2.85.